The maximum Gasteiger partial charge on any atom is 0.260 e. The Morgan fingerprint density at radius 3 is 2.86 bits per heavy atom. The highest BCUT2D eigenvalue weighted by atomic mass is 32.1. The van der Waals surface area contributed by atoms with E-state index >= 15 is 0 Å². The molecule has 3 heterocycles. The zero-order valence-electron chi connectivity index (χ0n) is 12.4. The summed E-state index contributed by atoms with van der Waals surface area (Å²) in [6.07, 6.45) is 1.79. The highest BCUT2D eigenvalue weighted by Crippen LogP contribution is 2.28. The highest BCUT2D eigenvalue weighted by molar-refractivity contribution is 7.19. The van der Waals surface area contributed by atoms with Crippen molar-refractivity contribution >= 4 is 38.7 Å². The summed E-state index contributed by atoms with van der Waals surface area (Å²) in [5.41, 5.74) is 0.426. The molecule has 0 fully saturated rings. The molecule has 0 unspecified atom stereocenters. The Bertz CT molecular complexity index is 876. The van der Waals surface area contributed by atoms with Gasteiger partial charge in [-0.1, -0.05) is 6.07 Å². The molecular weight excluding hydrogens is 316 g/mol. The Balaban J connectivity index is 2.00. The molecular formula is C16H16N2O2S2. The first-order chi connectivity index (χ1) is 10.6. The summed E-state index contributed by atoms with van der Waals surface area (Å²) in [4.78, 5) is 27.0. The van der Waals surface area contributed by atoms with Gasteiger partial charge in [-0.3, -0.25) is 9.59 Å². The van der Waals surface area contributed by atoms with Gasteiger partial charge < -0.3 is 9.88 Å². The first-order valence-electron chi connectivity index (χ1n) is 7.05. The Labute approximate surface area is 136 Å². The van der Waals surface area contributed by atoms with E-state index in [1.807, 2.05) is 37.4 Å². The van der Waals surface area contributed by atoms with E-state index in [4.69, 9.17) is 0 Å². The second kappa shape index (κ2) is 6.06. The van der Waals surface area contributed by atoms with Crippen molar-refractivity contribution in [3.8, 4) is 0 Å². The fraction of sp³-hybridized carbons (Fsp3) is 0.250. The molecule has 0 atom stereocenters. The van der Waals surface area contributed by atoms with E-state index in [1.165, 1.54) is 11.3 Å². The molecule has 0 radical (unpaired) electrons. The molecule has 0 saturated heterocycles. The van der Waals surface area contributed by atoms with E-state index < -0.39 is 0 Å². The summed E-state index contributed by atoms with van der Waals surface area (Å²) < 4.78 is 2.50. The molecule has 1 amide bonds. The third-order valence-electron chi connectivity index (χ3n) is 3.56. The molecule has 0 aliphatic carbocycles. The normalized spacial score (nSPS) is 11.0. The lowest BCUT2D eigenvalue weighted by molar-refractivity contribution is 0.0952. The molecule has 6 heteroatoms. The minimum absolute atomic E-state index is 0.0920. The summed E-state index contributed by atoms with van der Waals surface area (Å²) >= 11 is 3.09. The third-order valence-corrected chi connectivity index (χ3v) is 5.51. The molecule has 0 aliphatic rings. The van der Waals surface area contributed by atoms with Crippen molar-refractivity contribution < 1.29 is 4.79 Å². The van der Waals surface area contributed by atoms with Crippen LogP contribution in [0.1, 0.15) is 27.0 Å². The fourth-order valence-corrected chi connectivity index (χ4v) is 4.15. The average molecular weight is 332 g/mol. The minimum atomic E-state index is -0.178. The number of aryl methyl sites for hydroxylation is 2. The molecule has 0 aliphatic heterocycles. The number of amides is 1. The van der Waals surface area contributed by atoms with Gasteiger partial charge in [-0.25, -0.2) is 0 Å². The lowest BCUT2D eigenvalue weighted by Gasteiger charge is -2.05. The molecule has 0 spiro atoms. The number of aromatic nitrogens is 1. The largest absolute Gasteiger partial charge is 0.347 e. The molecule has 0 bridgehead atoms. The Morgan fingerprint density at radius 1 is 1.36 bits per heavy atom. The van der Waals surface area contributed by atoms with Gasteiger partial charge in [0.05, 0.1) is 17.5 Å². The van der Waals surface area contributed by atoms with Crippen molar-refractivity contribution in [2.24, 2.45) is 0 Å². The number of thiophene rings is 2. The quantitative estimate of drug-likeness (QED) is 0.796. The predicted octanol–water partition coefficient (Wildman–Crippen LogP) is 3.38. The van der Waals surface area contributed by atoms with Gasteiger partial charge in [-0.15, -0.1) is 22.7 Å². The molecule has 1 N–H and O–H groups in total. The standard InChI is InChI=1S/C16H16N2O2S2/c1-3-18-7-6-12-14(16(18)20)13(10(2)22-12)15(19)17-9-11-5-4-8-21-11/h4-8H,3,9H2,1-2H3,(H,17,19). The topological polar surface area (TPSA) is 51.1 Å². The number of hydrogen-bond acceptors (Lipinski definition) is 4. The number of fused-ring (bicyclic) bond motifs is 1. The maximum atomic E-state index is 12.5. The zero-order valence-corrected chi connectivity index (χ0v) is 14.0. The fourth-order valence-electron chi connectivity index (χ4n) is 2.46. The first-order valence-corrected chi connectivity index (χ1v) is 8.74. The van der Waals surface area contributed by atoms with Crippen LogP contribution in [0, 0.1) is 6.92 Å². The van der Waals surface area contributed by atoms with E-state index in [-0.39, 0.29) is 11.5 Å². The summed E-state index contributed by atoms with van der Waals surface area (Å²) in [6.45, 7) is 4.89. The molecule has 0 saturated carbocycles. The van der Waals surface area contributed by atoms with Crippen LogP contribution >= 0.6 is 22.7 Å². The third kappa shape index (κ3) is 2.60. The van der Waals surface area contributed by atoms with Crippen molar-refractivity contribution in [1.82, 2.24) is 9.88 Å². The second-order valence-electron chi connectivity index (χ2n) is 4.94. The van der Waals surface area contributed by atoms with Gasteiger partial charge in [-0.05, 0) is 31.4 Å². The van der Waals surface area contributed by atoms with Gasteiger partial charge >= 0.3 is 0 Å². The number of nitrogens with one attached hydrogen (secondary N) is 1. The molecule has 3 rings (SSSR count). The summed E-state index contributed by atoms with van der Waals surface area (Å²) in [5.74, 6) is -0.178. The SMILES string of the molecule is CCn1ccc2sc(C)c(C(=O)NCc3cccs3)c2c1=O. The Kier molecular flexibility index (Phi) is 4.13. The van der Waals surface area contributed by atoms with Crippen LogP contribution in [0.3, 0.4) is 0 Å². The van der Waals surface area contributed by atoms with Crippen LogP contribution in [0.15, 0.2) is 34.6 Å². The first kappa shape index (κ1) is 15.0. The number of carbonyl (C=O) groups excluding carboxylic acids is 1. The van der Waals surface area contributed by atoms with Crippen LogP contribution < -0.4 is 10.9 Å². The van der Waals surface area contributed by atoms with Crippen LogP contribution in [0.2, 0.25) is 0 Å². The second-order valence-corrected chi connectivity index (χ2v) is 7.23. The van der Waals surface area contributed by atoms with Gasteiger partial charge in [-0.2, -0.15) is 0 Å². The van der Waals surface area contributed by atoms with Crippen LogP contribution in [0.5, 0.6) is 0 Å². The van der Waals surface area contributed by atoms with Crippen LogP contribution in [0.4, 0.5) is 0 Å². The van der Waals surface area contributed by atoms with Gasteiger partial charge in [0.2, 0.25) is 0 Å². The minimum Gasteiger partial charge on any atom is -0.347 e. The number of hydrogen-bond donors (Lipinski definition) is 1. The van der Waals surface area contributed by atoms with Gasteiger partial charge in [0.15, 0.2) is 0 Å². The van der Waals surface area contributed by atoms with Crippen molar-refractivity contribution in [3.05, 3.63) is 55.4 Å². The van der Waals surface area contributed by atoms with Crippen LogP contribution in [-0.4, -0.2) is 10.5 Å². The molecule has 114 valence electrons. The van der Waals surface area contributed by atoms with Crippen LogP contribution in [-0.2, 0) is 13.1 Å². The monoisotopic (exact) mass is 332 g/mol. The summed E-state index contributed by atoms with van der Waals surface area (Å²) in [7, 11) is 0. The number of nitrogens with zero attached hydrogens (tertiary/aromatic N) is 1. The van der Waals surface area contributed by atoms with Gasteiger partial charge in [0.25, 0.3) is 11.5 Å². The van der Waals surface area contributed by atoms with E-state index in [0.717, 1.165) is 14.5 Å². The summed E-state index contributed by atoms with van der Waals surface area (Å²) in [5, 5.41) is 5.43. The Morgan fingerprint density at radius 2 is 2.18 bits per heavy atom. The molecule has 4 nitrogen and oxygen atoms in total. The number of rotatable bonds is 4. The van der Waals surface area contributed by atoms with Gasteiger partial charge in [0.1, 0.15) is 0 Å². The number of pyridine rings is 1. The van der Waals surface area contributed by atoms with Gasteiger partial charge in [0, 0.05) is 27.2 Å². The van der Waals surface area contributed by atoms with E-state index in [0.29, 0.717) is 24.0 Å². The zero-order chi connectivity index (χ0) is 15.7. The van der Waals surface area contributed by atoms with Crippen LogP contribution in [0.25, 0.3) is 10.1 Å². The van der Waals surface area contributed by atoms with Crippen molar-refractivity contribution in [2.45, 2.75) is 26.9 Å². The molecule has 0 aromatic carbocycles. The summed E-state index contributed by atoms with van der Waals surface area (Å²) in [6, 6.07) is 5.85. The van der Waals surface area contributed by atoms with E-state index in [1.54, 1.807) is 22.1 Å². The lowest BCUT2D eigenvalue weighted by Crippen LogP contribution is -2.25. The van der Waals surface area contributed by atoms with Crippen molar-refractivity contribution in [1.29, 1.82) is 0 Å². The van der Waals surface area contributed by atoms with Crippen molar-refractivity contribution in [2.75, 3.05) is 0 Å². The maximum absolute atomic E-state index is 12.5. The van der Waals surface area contributed by atoms with E-state index in [9.17, 15) is 9.59 Å². The highest BCUT2D eigenvalue weighted by Gasteiger charge is 2.19. The number of carbonyl (C=O) groups is 1. The van der Waals surface area contributed by atoms with E-state index in [2.05, 4.69) is 5.32 Å². The smallest absolute Gasteiger partial charge is 0.260 e. The molecule has 3 aromatic heterocycles. The molecule has 22 heavy (non-hydrogen) atoms. The predicted molar refractivity (Wildman–Crippen MR) is 92.0 cm³/mol. The average Bonchev–Trinajstić information content (AvgIpc) is 3.12. The van der Waals surface area contributed by atoms with Crippen molar-refractivity contribution in [3.63, 3.8) is 0 Å². The Hall–Kier alpha value is -1.92. The lowest BCUT2D eigenvalue weighted by atomic mass is 10.1. The molecule has 3 aromatic rings.